The van der Waals surface area contributed by atoms with Gasteiger partial charge in [0, 0.05) is 25.7 Å². The van der Waals surface area contributed by atoms with Gasteiger partial charge in [-0.1, -0.05) is 42.3 Å². The maximum absolute atomic E-state index is 6.30. The van der Waals surface area contributed by atoms with Gasteiger partial charge >= 0.3 is 0 Å². The van der Waals surface area contributed by atoms with Crippen LogP contribution < -0.4 is 5.73 Å². The fourth-order valence-electron chi connectivity index (χ4n) is 2.40. The minimum Gasteiger partial charge on any atom is -0.383 e. The Morgan fingerprint density at radius 2 is 2.05 bits per heavy atom. The molecule has 1 rings (SSSR count). The summed E-state index contributed by atoms with van der Waals surface area (Å²) >= 11 is 12.4. The van der Waals surface area contributed by atoms with Crippen LogP contribution in [0.15, 0.2) is 18.2 Å². The van der Waals surface area contributed by atoms with Gasteiger partial charge in [0.15, 0.2) is 0 Å². The molecule has 19 heavy (non-hydrogen) atoms. The number of halogens is 2. The van der Waals surface area contributed by atoms with Crippen LogP contribution in [-0.4, -0.2) is 37.7 Å². The monoisotopic (exact) mass is 304 g/mol. The molecular weight excluding hydrogens is 283 g/mol. The summed E-state index contributed by atoms with van der Waals surface area (Å²) in [7, 11) is 1.70. The van der Waals surface area contributed by atoms with E-state index in [-0.39, 0.29) is 12.1 Å². The number of nitrogens with zero attached hydrogens (tertiary/aromatic N) is 1. The zero-order valence-electron chi connectivity index (χ0n) is 11.7. The molecule has 2 atom stereocenters. The van der Waals surface area contributed by atoms with Crippen LogP contribution in [-0.2, 0) is 4.74 Å². The van der Waals surface area contributed by atoms with Crippen LogP contribution in [0.4, 0.5) is 0 Å². The molecule has 0 spiro atoms. The fourth-order valence-corrected chi connectivity index (χ4v) is 2.83. The molecule has 0 aromatic heterocycles. The van der Waals surface area contributed by atoms with Crippen molar-refractivity contribution in [1.29, 1.82) is 0 Å². The first-order valence-corrected chi connectivity index (χ1v) is 7.21. The molecule has 0 fully saturated rings. The van der Waals surface area contributed by atoms with Crippen molar-refractivity contribution < 1.29 is 4.74 Å². The molecule has 1 aromatic rings. The van der Waals surface area contributed by atoms with Gasteiger partial charge in [-0.15, -0.1) is 0 Å². The summed E-state index contributed by atoms with van der Waals surface area (Å²) in [6.07, 6.45) is 0. The first-order chi connectivity index (χ1) is 9.06. The highest BCUT2D eigenvalue weighted by Gasteiger charge is 2.24. The van der Waals surface area contributed by atoms with Gasteiger partial charge in [-0.2, -0.15) is 0 Å². The molecule has 0 amide bonds. The zero-order valence-corrected chi connectivity index (χ0v) is 13.2. The highest BCUT2D eigenvalue weighted by molar-refractivity contribution is 6.42. The Kier molecular flexibility index (Phi) is 7.11. The van der Waals surface area contributed by atoms with Gasteiger partial charge in [0.05, 0.1) is 16.7 Å². The van der Waals surface area contributed by atoms with Crippen molar-refractivity contribution >= 4 is 23.2 Å². The summed E-state index contributed by atoms with van der Waals surface area (Å²) < 4.78 is 5.23. The standard InChI is InChI=1S/C14H22Cl2N2O/c1-4-18(10(2)9-19-3)13(8-17)11-6-5-7-12(15)14(11)16/h5-7,10,13H,4,8-9,17H2,1-3H3. The molecule has 0 saturated carbocycles. The molecule has 1 aromatic carbocycles. The number of hydrogen-bond acceptors (Lipinski definition) is 3. The Hall–Kier alpha value is -0.320. The van der Waals surface area contributed by atoms with E-state index in [9.17, 15) is 0 Å². The second-order valence-electron chi connectivity index (χ2n) is 4.53. The van der Waals surface area contributed by atoms with Crippen LogP contribution in [0.25, 0.3) is 0 Å². The van der Waals surface area contributed by atoms with E-state index in [0.717, 1.165) is 12.1 Å². The molecule has 0 bridgehead atoms. The third kappa shape index (κ3) is 4.07. The number of benzene rings is 1. The lowest BCUT2D eigenvalue weighted by atomic mass is 10.0. The van der Waals surface area contributed by atoms with E-state index in [4.69, 9.17) is 33.7 Å². The van der Waals surface area contributed by atoms with Gasteiger partial charge < -0.3 is 10.5 Å². The van der Waals surface area contributed by atoms with E-state index in [1.807, 2.05) is 12.1 Å². The maximum Gasteiger partial charge on any atom is 0.0640 e. The molecule has 108 valence electrons. The molecule has 0 saturated heterocycles. The van der Waals surface area contributed by atoms with Crippen molar-refractivity contribution in [1.82, 2.24) is 4.90 Å². The number of hydrogen-bond donors (Lipinski definition) is 1. The van der Waals surface area contributed by atoms with Crippen molar-refractivity contribution in [3.05, 3.63) is 33.8 Å². The second-order valence-corrected chi connectivity index (χ2v) is 5.31. The number of likely N-dealkylation sites (N-methyl/N-ethyl adjacent to an activating group) is 1. The van der Waals surface area contributed by atoms with Crippen LogP contribution in [0, 0.1) is 0 Å². The lowest BCUT2D eigenvalue weighted by Gasteiger charge is -2.35. The zero-order chi connectivity index (χ0) is 14.4. The molecule has 0 aliphatic carbocycles. The number of ether oxygens (including phenoxy) is 1. The molecule has 3 nitrogen and oxygen atoms in total. The molecule has 0 aliphatic heterocycles. The Bertz CT molecular complexity index is 401. The van der Waals surface area contributed by atoms with E-state index in [2.05, 4.69) is 18.7 Å². The first-order valence-electron chi connectivity index (χ1n) is 6.45. The van der Waals surface area contributed by atoms with Crippen LogP contribution in [0.2, 0.25) is 10.0 Å². The molecule has 0 heterocycles. The average molecular weight is 305 g/mol. The van der Waals surface area contributed by atoms with Gasteiger partial charge in [-0.05, 0) is 25.1 Å². The van der Waals surface area contributed by atoms with E-state index in [0.29, 0.717) is 23.2 Å². The van der Waals surface area contributed by atoms with E-state index in [1.165, 1.54) is 0 Å². The van der Waals surface area contributed by atoms with Crippen molar-refractivity contribution in [2.24, 2.45) is 5.73 Å². The minimum absolute atomic E-state index is 0.0429. The second kappa shape index (κ2) is 8.08. The summed E-state index contributed by atoms with van der Waals surface area (Å²) in [4.78, 5) is 2.28. The minimum atomic E-state index is 0.0429. The Labute approximate surface area is 125 Å². The number of nitrogens with two attached hydrogens (primary N) is 1. The lowest BCUT2D eigenvalue weighted by molar-refractivity contribution is 0.0752. The predicted molar refractivity (Wildman–Crippen MR) is 82.0 cm³/mol. The quantitative estimate of drug-likeness (QED) is 0.839. The Morgan fingerprint density at radius 1 is 1.37 bits per heavy atom. The predicted octanol–water partition coefficient (Wildman–Crippen LogP) is 3.35. The molecule has 2 unspecified atom stereocenters. The van der Waals surface area contributed by atoms with Crippen molar-refractivity contribution in [3.63, 3.8) is 0 Å². The average Bonchev–Trinajstić information content (AvgIpc) is 2.39. The van der Waals surface area contributed by atoms with Crippen LogP contribution in [0.3, 0.4) is 0 Å². The SMILES string of the molecule is CCN(C(C)COC)C(CN)c1cccc(Cl)c1Cl. The molecule has 0 radical (unpaired) electrons. The van der Waals surface area contributed by atoms with Gasteiger partial charge in [-0.3, -0.25) is 4.90 Å². The largest absolute Gasteiger partial charge is 0.383 e. The Morgan fingerprint density at radius 3 is 2.58 bits per heavy atom. The number of rotatable bonds is 7. The van der Waals surface area contributed by atoms with Crippen molar-refractivity contribution in [2.75, 3.05) is 26.8 Å². The summed E-state index contributed by atoms with van der Waals surface area (Å²) in [6, 6.07) is 5.98. The van der Waals surface area contributed by atoms with Gasteiger partial charge in [0.1, 0.15) is 0 Å². The van der Waals surface area contributed by atoms with Crippen molar-refractivity contribution in [2.45, 2.75) is 25.9 Å². The van der Waals surface area contributed by atoms with E-state index < -0.39 is 0 Å². The summed E-state index contributed by atoms with van der Waals surface area (Å²) in [5.74, 6) is 0. The molecule has 0 aliphatic rings. The van der Waals surface area contributed by atoms with E-state index >= 15 is 0 Å². The molecule has 5 heteroatoms. The fraction of sp³-hybridized carbons (Fsp3) is 0.571. The highest BCUT2D eigenvalue weighted by atomic mass is 35.5. The van der Waals surface area contributed by atoms with E-state index in [1.54, 1.807) is 13.2 Å². The summed E-state index contributed by atoms with van der Waals surface area (Å²) in [6.45, 7) is 6.24. The van der Waals surface area contributed by atoms with Gasteiger partial charge in [-0.25, -0.2) is 0 Å². The summed E-state index contributed by atoms with van der Waals surface area (Å²) in [5.41, 5.74) is 6.92. The van der Waals surface area contributed by atoms with Crippen LogP contribution in [0.5, 0.6) is 0 Å². The van der Waals surface area contributed by atoms with Crippen LogP contribution >= 0.6 is 23.2 Å². The first kappa shape index (κ1) is 16.7. The third-order valence-electron chi connectivity index (χ3n) is 3.30. The van der Waals surface area contributed by atoms with Gasteiger partial charge in [0.2, 0.25) is 0 Å². The van der Waals surface area contributed by atoms with Crippen LogP contribution in [0.1, 0.15) is 25.5 Å². The normalized spacial score (nSPS) is 14.7. The van der Waals surface area contributed by atoms with Crippen molar-refractivity contribution in [3.8, 4) is 0 Å². The van der Waals surface area contributed by atoms with Gasteiger partial charge in [0.25, 0.3) is 0 Å². The topological polar surface area (TPSA) is 38.5 Å². The third-order valence-corrected chi connectivity index (χ3v) is 4.14. The summed E-state index contributed by atoms with van der Waals surface area (Å²) in [5, 5.41) is 1.15. The molecule has 2 N–H and O–H groups in total. The smallest absolute Gasteiger partial charge is 0.0640 e. The lowest BCUT2D eigenvalue weighted by Crippen LogP contribution is -2.42. The maximum atomic E-state index is 6.30. The Balaban J connectivity index is 3.06. The molecular formula is C14H22Cl2N2O. The number of methoxy groups -OCH3 is 1. The highest BCUT2D eigenvalue weighted by Crippen LogP contribution is 2.33.